The Morgan fingerprint density at radius 2 is 2.47 bits per heavy atom. The number of hydrogen-bond acceptors (Lipinski definition) is 5. The van der Waals surface area contributed by atoms with Crippen molar-refractivity contribution < 1.29 is 9.21 Å². The quantitative estimate of drug-likeness (QED) is 0.891. The first kappa shape index (κ1) is 10.1. The van der Waals surface area contributed by atoms with Gasteiger partial charge in [0.2, 0.25) is 9.47 Å². The average molecular weight is 244 g/mol. The van der Waals surface area contributed by atoms with Crippen LogP contribution < -0.4 is 5.32 Å². The zero-order valence-corrected chi connectivity index (χ0v) is 9.01. The van der Waals surface area contributed by atoms with E-state index in [1.807, 2.05) is 0 Å². The molecule has 5 nitrogen and oxygen atoms in total. The molecular weight excluding hydrogens is 238 g/mol. The maximum atomic E-state index is 11.5. The summed E-state index contributed by atoms with van der Waals surface area (Å²) in [7, 11) is 0. The molecule has 2 heterocycles. The van der Waals surface area contributed by atoms with Crippen LogP contribution in [0.3, 0.4) is 0 Å². The Morgan fingerprint density at radius 1 is 1.60 bits per heavy atom. The van der Waals surface area contributed by atoms with Gasteiger partial charge in [-0.3, -0.25) is 4.79 Å². The van der Waals surface area contributed by atoms with Crippen molar-refractivity contribution in [3.63, 3.8) is 0 Å². The number of nitrogens with one attached hydrogen (secondary N) is 1. The van der Waals surface area contributed by atoms with Gasteiger partial charge in [0.05, 0.1) is 12.5 Å². The minimum Gasteiger partial charge on any atom is -0.472 e. The number of amides is 1. The fourth-order valence-corrected chi connectivity index (χ4v) is 1.69. The van der Waals surface area contributed by atoms with Crippen molar-refractivity contribution in [1.29, 1.82) is 0 Å². The van der Waals surface area contributed by atoms with Crippen LogP contribution in [0.25, 0.3) is 0 Å². The lowest BCUT2D eigenvalue weighted by Crippen LogP contribution is -2.22. The number of halogens is 1. The smallest absolute Gasteiger partial charge is 0.282 e. The minimum atomic E-state index is -0.291. The molecule has 0 unspecified atom stereocenters. The highest BCUT2D eigenvalue weighted by Crippen LogP contribution is 2.14. The van der Waals surface area contributed by atoms with Crippen molar-refractivity contribution in [2.45, 2.75) is 6.54 Å². The molecule has 0 saturated carbocycles. The van der Waals surface area contributed by atoms with Crippen LogP contribution in [-0.2, 0) is 6.54 Å². The molecule has 0 radical (unpaired) electrons. The highest BCUT2D eigenvalue weighted by Gasteiger charge is 2.11. The summed E-state index contributed by atoms with van der Waals surface area (Å²) in [4.78, 5) is 11.5. The van der Waals surface area contributed by atoms with Crippen molar-refractivity contribution in [1.82, 2.24) is 15.5 Å². The fraction of sp³-hybridized carbons (Fsp3) is 0.125. The summed E-state index contributed by atoms with van der Waals surface area (Å²) < 4.78 is 5.11. The molecule has 2 rings (SSSR count). The topological polar surface area (TPSA) is 68.0 Å². The molecule has 0 saturated heterocycles. The first-order valence-electron chi connectivity index (χ1n) is 4.04. The molecule has 2 aromatic heterocycles. The summed E-state index contributed by atoms with van der Waals surface area (Å²) in [5.41, 5.74) is 0.888. The lowest BCUT2D eigenvalue weighted by molar-refractivity contribution is 0.0950. The maximum Gasteiger partial charge on any atom is 0.282 e. The van der Waals surface area contributed by atoms with E-state index >= 15 is 0 Å². The monoisotopic (exact) mass is 243 g/mol. The largest absolute Gasteiger partial charge is 0.472 e. The number of carbonyl (C=O) groups excluding carboxylic acids is 1. The molecule has 0 spiro atoms. The van der Waals surface area contributed by atoms with E-state index in [4.69, 9.17) is 16.0 Å². The van der Waals surface area contributed by atoms with E-state index in [9.17, 15) is 4.79 Å². The molecule has 0 fully saturated rings. The average Bonchev–Trinajstić information content (AvgIpc) is 2.84. The van der Waals surface area contributed by atoms with Crippen LogP contribution in [0.15, 0.2) is 23.0 Å². The number of furan rings is 1. The Kier molecular flexibility index (Phi) is 2.98. The predicted octanol–water partition coefficient (Wildman–Crippen LogP) is 1.71. The van der Waals surface area contributed by atoms with Crippen LogP contribution in [0, 0.1) is 0 Å². The Balaban J connectivity index is 1.93. The first-order valence-corrected chi connectivity index (χ1v) is 5.23. The zero-order chi connectivity index (χ0) is 10.7. The molecule has 0 aromatic carbocycles. The van der Waals surface area contributed by atoms with Crippen molar-refractivity contribution in [3.05, 3.63) is 33.6 Å². The zero-order valence-electron chi connectivity index (χ0n) is 7.44. The van der Waals surface area contributed by atoms with E-state index in [1.54, 1.807) is 18.6 Å². The lowest BCUT2D eigenvalue weighted by Gasteiger charge is -1.98. The Morgan fingerprint density at radius 3 is 3.07 bits per heavy atom. The van der Waals surface area contributed by atoms with E-state index in [1.165, 1.54) is 0 Å². The second-order valence-electron chi connectivity index (χ2n) is 2.67. The Bertz CT molecular complexity index is 454. The minimum absolute atomic E-state index is 0.253. The standard InChI is InChI=1S/C8H6ClN3O2S/c9-8-12-11-7(15-8)6(13)10-3-5-1-2-14-4-5/h1-2,4H,3H2,(H,10,13). The van der Waals surface area contributed by atoms with Crippen LogP contribution in [-0.4, -0.2) is 16.1 Å². The van der Waals surface area contributed by atoms with Crippen molar-refractivity contribution in [2.24, 2.45) is 0 Å². The molecule has 1 amide bonds. The molecule has 0 aliphatic heterocycles. The van der Waals surface area contributed by atoms with Gasteiger partial charge in [-0.05, 0) is 17.7 Å². The molecule has 0 bridgehead atoms. The van der Waals surface area contributed by atoms with E-state index in [0.29, 0.717) is 6.54 Å². The lowest BCUT2D eigenvalue weighted by atomic mass is 10.3. The van der Waals surface area contributed by atoms with Gasteiger partial charge in [-0.25, -0.2) is 0 Å². The third-order valence-electron chi connectivity index (χ3n) is 1.63. The van der Waals surface area contributed by atoms with Crippen molar-refractivity contribution in [3.8, 4) is 0 Å². The molecule has 0 aliphatic rings. The highest BCUT2D eigenvalue weighted by molar-refractivity contribution is 7.17. The van der Waals surface area contributed by atoms with Crippen molar-refractivity contribution >= 4 is 28.8 Å². The van der Waals surface area contributed by atoms with Crippen LogP contribution in [0.4, 0.5) is 0 Å². The van der Waals surface area contributed by atoms with Gasteiger partial charge >= 0.3 is 0 Å². The van der Waals surface area contributed by atoms with E-state index in [0.717, 1.165) is 16.9 Å². The second kappa shape index (κ2) is 4.41. The molecule has 7 heteroatoms. The SMILES string of the molecule is O=C(NCc1ccoc1)c1nnc(Cl)s1. The van der Waals surface area contributed by atoms with E-state index in [-0.39, 0.29) is 15.4 Å². The van der Waals surface area contributed by atoms with Gasteiger partial charge in [0.15, 0.2) is 0 Å². The molecule has 15 heavy (non-hydrogen) atoms. The summed E-state index contributed by atoms with van der Waals surface area (Å²) in [5.74, 6) is -0.291. The van der Waals surface area contributed by atoms with Gasteiger partial charge in [0.1, 0.15) is 0 Å². The molecule has 0 aliphatic carbocycles. The normalized spacial score (nSPS) is 10.2. The summed E-state index contributed by atoms with van der Waals surface area (Å²) in [5, 5.41) is 10.1. The van der Waals surface area contributed by atoms with Crippen LogP contribution >= 0.6 is 22.9 Å². The maximum absolute atomic E-state index is 11.5. The van der Waals surface area contributed by atoms with Gasteiger partial charge in [-0.15, -0.1) is 10.2 Å². The number of carbonyl (C=O) groups is 1. The van der Waals surface area contributed by atoms with Gasteiger partial charge in [-0.2, -0.15) is 0 Å². The molecule has 0 atom stereocenters. The highest BCUT2D eigenvalue weighted by atomic mass is 35.5. The van der Waals surface area contributed by atoms with Crippen LogP contribution in [0.5, 0.6) is 0 Å². The summed E-state index contributed by atoms with van der Waals surface area (Å²) >= 11 is 6.59. The molecule has 1 N–H and O–H groups in total. The van der Waals surface area contributed by atoms with Gasteiger partial charge in [-0.1, -0.05) is 11.3 Å². The third kappa shape index (κ3) is 2.54. The Labute approximate surface area is 94.1 Å². The van der Waals surface area contributed by atoms with E-state index in [2.05, 4.69) is 15.5 Å². The molecule has 2 aromatic rings. The van der Waals surface area contributed by atoms with Crippen LogP contribution in [0.1, 0.15) is 15.4 Å². The van der Waals surface area contributed by atoms with Crippen LogP contribution in [0.2, 0.25) is 4.47 Å². The summed E-state index contributed by atoms with van der Waals surface area (Å²) in [6, 6.07) is 1.77. The number of aromatic nitrogens is 2. The fourth-order valence-electron chi connectivity index (χ4n) is 0.948. The number of hydrogen-bond donors (Lipinski definition) is 1. The summed E-state index contributed by atoms with van der Waals surface area (Å²) in [6.45, 7) is 0.395. The van der Waals surface area contributed by atoms with E-state index < -0.39 is 0 Å². The van der Waals surface area contributed by atoms with Gasteiger partial charge < -0.3 is 9.73 Å². The Hall–Kier alpha value is -1.40. The predicted molar refractivity (Wildman–Crippen MR) is 54.8 cm³/mol. The number of nitrogens with zero attached hydrogens (tertiary/aromatic N) is 2. The molecule has 78 valence electrons. The second-order valence-corrected chi connectivity index (χ2v) is 4.23. The van der Waals surface area contributed by atoms with Crippen molar-refractivity contribution in [2.75, 3.05) is 0 Å². The van der Waals surface area contributed by atoms with Gasteiger partial charge in [0.25, 0.3) is 5.91 Å². The third-order valence-corrected chi connectivity index (χ3v) is 2.65. The van der Waals surface area contributed by atoms with Gasteiger partial charge in [0, 0.05) is 12.1 Å². The first-order chi connectivity index (χ1) is 7.25. The number of rotatable bonds is 3. The summed E-state index contributed by atoms with van der Waals surface area (Å²) in [6.07, 6.45) is 3.11. The molecular formula is C8H6ClN3O2S.